The lowest BCUT2D eigenvalue weighted by Crippen LogP contribution is -2.02. The smallest absolute Gasteiger partial charge is 0.143 e. The molecule has 0 spiro atoms. The van der Waals surface area contributed by atoms with Crippen LogP contribution < -0.4 is 10.5 Å². The van der Waals surface area contributed by atoms with Crippen molar-refractivity contribution in [1.29, 1.82) is 5.26 Å². The Hall–Kier alpha value is -1.99. The van der Waals surface area contributed by atoms with Crippen molar-refractivity contribution < 1.29 is 4.74 Å². The standard InChI is InChI=1S/C13H12N2OS/c14-9-10-3-4-12(15)13(8-10)16-6-5-11-2-1-7-17-11/h1-4,7-8H,5-6,15H2. The van der Waals surface area contributed by atoms with Crippen LogP contribution in [0.2, 0.25) is 0 Å². The monoisotopic (exact) mass is 244 g/mol. The first-order valence-electron chi connectivity index (χ1n) is 5.24. The summed E-state index contributed by atoms with van der Waals surface area (Å²) in [5, 5.41) is 10.8. The van der Waals surface area contributed by atoms with Crippen molar-refractivity contribution in [2.24, 2.45) is 0 Å². The lowest BCUT2D eigenvalue weighted by Gasteiger charge is -2.08. The number of nitrogens with two attached hydrogens (primary N) is 1. The van der Waals surface area contributed by atoms with E-state index in [0.29, 0.717) is 23.6 Å². The number of anilines is 1. The predicted molar refractivity (Wildman–Crippen MR) is 69.1 cm³/mol. The van der Waals surface area contributed by atoms with E-state index in [4.69, 9.17) is 15.7 Å². The topological polar surface area (TPSA) is 59.0 Å². The summed E-state index contributed by atoms with van der Waals surface area (Å²) in [6.07, 6.45) is 0.855. The normalized spacial score (nSPS) is 9.82. The maximum Gasteiger partial charge on any atom is 0.143 e. The molecule has 1 aromatic heterocycles. The summed E-state index contributed by atoms with van der Waals surface area (Å²) in [5.41, 5.74) is 6.90. The third kappa shape index (κ3) is 2.99. The molecule has 86 valence electrons. The van der Waals surface area contributed by atoms with Crippen molar-refractivity contribution in [2.75, 3.05) is 12.3 Å². The zero-order valence-electron chi connectivity index (χ0n) is 9.22. The molecule has 1 aromatic carbocycles. The molecule has 0 aliphatic rings. The predicted octanol–water partition coefficient (Wildman–Crippen LogP) is 2.82. The zero-order chi connectivity index (χ0) is 12.1. The van der Waals surface area contributed by atoms with Gasteiger partial charge in [-0.2, -0.15) is 5.26 Å². The van der Waals surface area contributed by atoms with Crippen molar-refractivity contribution in [3.8, 4) is 11.8 Å². The molecule has 2 aromatic rings. The van der Waals surface area contributed by atoms with Crippen LogP contribution in [0.25, 0.3) is 0 Å². The summed E-state index contributed by atoms with van der Waals surface area (Å²) < 4.78 is 5.58. The van der Waals surface area contributed by atoms with Crippen LogP contribution in [0.4, 0.5) is 5.69 Å². The number of hydrogen-bond acceptors (Lipinski definition) is 4. The minimum atomic E-state index is 0.560. The molecule has 0 radical (unpaired) electrons. The van der Waals surface area contributed by atoms with Gasteiger partial charge in [0.15, 0.2) is 0 Å². The number of ether oxygens (including phenoxy) is 1. The van der Waals surface area contributed by atoms with Gasteiger partial charge in [-0.25, -0.2) is 0 Å². The molecule has 2 N–H and O–H groups in total. The Labute approximate surface area is 104 Å². The fourth-order valence-corrected chi connectivity index (χ4v) is 2.14. The van der Waals surface area contributed by atoms with Crippen LogP contribution in [0.5, 0.6) is 5.75 Å². The van der Waals surface area contributed by atoms with E-state index < -0.39 is 0 Å². The van der Waals surface area contributed by atoms with Crippen LogP contribution in [-0.2, 0) is 6.42 Å². The van der Waals surface area contributed by atoms with E-state index in [1.54, 1.807) is 29.5 Å². The molecule has 0 aliphatic carbocycles. The van der Waals surface area contributed by atoms with Crippen molar-refractivity contribution in [2.45, 2.75) is 6.42 Å². The SMILES string of the molecule is N#Cc1ccc(N)c(OCCc2cccs2)c1. The maximum atomic E-state index is 8.78. The number of rotatable bonds is 4. The Bertz CT molecular complexity index is 529. The molecule has 0 fully saturated rings. The second kappa shape index (κ2) is 5.37. The highest BCUT2D eigenvalue weighted by Gasteiger charge is 2.02. The molecule has 17 heavy (non-hydrogen) atoms. The molecule has 0 saturated carbocycles. The third-order valence-corrected chi connectivity index (χ3v) is 3.26. The van der Waals surface area contributed by atoms with Gasteiger partial charge < -0.3 is 10.5 Å². The van der Waals surface area contributed by atoms with Crippen LogP contribution in [-0.4, -0.2) is 6.61 Å². The van der Waals surface area contributed by atoms with Gasteiger partial charge in [-0.15, -0.1) is 11.3 Å². The zero-order valence-corrected chi connectivity index (χ0v) is 10.0. The van der Waals surface area contributed by atoms with Crippen LogP contribution in [0.15, 0.2) is 35.7 Å². The summed E-state index contributed by atoms with van der Waals surface area (Å²) in [5.74, 6) is 0.584. The molecule has 0 aliphatic heterocycles. The van der Waals surface area contributed by atoms with Gasteiger partial charge in [0.05, 0.1) is 23.9 Å². The Kier molecular flexibility index (Phi) is 3.63. The Morgan fingerprint density at radius 1 is 1.35 bits per heavy atom. The Morgan fingerprint density at radius 3 is 2.94 bits per heavy atom. The number of thiophene rings is 1. The second-order valence-electron chi connectivity index (χ2n) is 3.54. The fraction of sp³-hybridized carbons (Fsp3) is 0.154. The molecule has 0 unspecified atom stereocenters. The highest BCUT2D eigenvalue weighted by Crippen LogP contribution is 2.22. The van der Waals surface area contributed by atoms with Gasteiger partial charge in [0.2, 0.25) is 0 Å². The lowest BCUT2D eigenvalue weighted by atomic mass is 10.2. The number of benzene rings is 1. The Balaban J connectivity index is 1.97. The number of nitriles is 1. The molecule has 2 rings (SSSR count). The van der Waals surface area contributed by atoms with Crippen molar-refractivity contribution in [3.63, 3.8) is 0 Å². The van der Waals surface area contributed by atoms with E-state index in [1.807, 2.05) is 11.4 Å². The molecule has 3 nitrogen and oxygen atoms in total. The van der Waals surface area contributed by atoms with Gasteiger partial charge in [0.1, 0.15) is 5.75 Å². The van der Waals surface area contributed by atoms with Gasteiger partial charge in [0.25, 0.3) is 0 Å². The van der Waals surface area contributed by atoms with Crippen LogP contribution in [0, 0.1) is 11.3 Å². The Morgan fingerprint density at radius 2 is 2.24 bits per heavy atom. The molecule has 0 saturated heterocycles. The van der Waals surface area contributed by atoms with E-state index in [0.717, 1.165) is 6.42 Å². The summed E-state index contributed by atoms with van der Waals surface area (Å²) in [4.78, 5) is 1.28. The first-order valence-corrected chi connectivity index (χ1v) is 6.12. The largest absolute Gasteiger partial charge is 0.491 e. The summed E-state index contributed by atoms with van der Waals surface area (Å²) in [7, 11) is 0. The number of nitrogens with zero attached hydrogens (tertiary/aromatic N) is 1. The van der Waals surface area contributed by atoms with Gasteiger partial charge >= 0.3 is 0 Å². The highest BCUT2D eigenvalue weighted by atomic mass is 32.1. The summed E-state index contributed by atoms with van der Waals surface area (Å²) in [6.45, 7) is 0.569. The maximum absolute atomic E-state index is 8.78. The molecule has 0 amide bonds. The minimum Gasteiger partial charge on any atom is -0.491 e. The first kappa shape index (κ1) is 11.5. The van der Waals surface area contributed by atoms with E-state index >= 15 is 0 Å². The van der Waals surface area contributed by atoms with Gasteiger partial charge in [0, 0.05) is 17.4 Å². The number of nitrogen functional groups attached to an aromatic ring is 1. The van der Waals surface area contributed by atoms with Gasteiger partial charge in [-0.05, 0) is 23.6 Å². The summed E-state index contributed by atoms with van der Waals surface area (Å²) >= 11 is 1.71. The van der Waals surface area contributed by atoms with Crippen molar-refractivity contribution in [3.05, 3.63) is 46.2 Å². The molecular weight excluding hydrogens is 232 g/mol. The minimum absolute atomic E-state index is 0.560. The van der Waals surface area contributed by atoms with Crippen molar-refractivity contribution in [1.82, 2.24) is 0 Å². The fourth-order valence-electron chi connectivity index (χ4n) is 1.45. The molecule has 0 atom stereocenters. The van der Waals surface area contributed by atoms with E-state index in [9.17, 15) is 0 Å². The average Bonchev–Trinajstić information content (AvgIpc) is 2.84. The molecule has 4 heteroatoms. The quantitative estimate of drug-likeness (QED) is 0.841. The van der Waals surface area contributed by atoms with E-state index in [1.165, 1.54) is 4.88 Å². The molecular formula is C13H12N2OS. The average molecular weight is 244 g/mol. The van der Waals surface area contributed by atoms with E-state index in [2.05, 4.69) is 12.1 Å². The van der Waals surface area contributed by atoms with Gasteiger partial charge in [-0.3, -0.25) is 0 Å². The van der Waals surface area contributed by atoms with Crippen LogP contribution in [0.3, 0.4) is 0 Å². The molecule has 0 bridgehead atoms. The van der Waals surface area contributed by atoms with Crippen LogP contribution >= 0.6 is 11.3 Å². The second-order valence-corrected chi connectivity index (χ2v) is 4.57. The first-order chi connectivity index (χ1) is 8.29. The highest BCUT2D eigenvalue weighted by molar-refractivity contribution is 7.09. The molecule has 1 heterocycles. The lowest BCUT2D eigenvalue weighted by molar-refractivity contribution is 0.324. The van der Waals surface area contributed by atoms with Crippen molar-refractivity contribution >= 4 is 17.0 Å². The number of hydrogen-bond donors (Lipinski definition) is 1. The van der Waals surface area contributed by atoms with Crippen LogP contribution in [0.1, 0.15) is 10.4 Å². The van der Waals surface area contributed by atoms with Gasteiger partial charge in [-0.1, -0.05) is 6.07 Å². The third-order valence-electron chi connectivity index (χ3n) is 2.33. The summed E-state index contributed by atoms with van der Waals surface area (Å²) in [6, 6.07) is 11.2. The van der Waals surface area contributed by atoms with E-state index in [-0.39, 0.29) is 0 Å².